The maximum Gasteiger partial charge on any atom is 0.202 e. The highest BCUT2D eigenvalue weighted by atomic mass is 16.5. The van der Waals surface area contributed by atoms with Gasteiger partial charge in [0.15, 0.2) is 5.58 Å². The second kappa shape index (κ2) is 6.43. The van der Waals surface area contributed by atoms with Crippen LogP contribution in [-0.2, 0) is 6.42 Å². The van der Waals surface area contributed by atoms with E-state index in [0.717, 1.165) is 45.7 Å². The van der Waals surface area contributed by atoms with Crippen LogP contribution in [0.2, 0.25) is 0 Å². The van der Waals surface area contributed by atoms with Crippen molar-refractivity contribution >= 4 is 11.1 Å². The SMILES string of the molecule is COc1ccc2c(c1)C[C@H](c1nc3ccc(-c4cccnc4)cc3o1)CO2. The highest BCUT2D eigenvalue weighted by Crippen LogP contribution is 2.35. The molecule has 5 heteroatoms. The van der Waals surface area contributed by atoms with Gasteiger partial charge in [-0.05, 0) is 53.9 Å². The van der Waals surface area contributed by atoms with Crippen LogP contribution in [0, 0.1) is 0 Å². The normalized spacial score (nSPS) is 16.0. The molecule has 0 saturated heterocycles. The van der Waals surface area contributed by atoms with Crippen molar-refractivity contribution in [1.82, 2.24) is 9.97 Å². The molecule has 27 heavy (non-hydrogen) atoms. The third-order valence-corrected chi connectivity index (χ3v) is 4.92. The Hall–Kier alpha value is -3.34. The minimum Gasteiger partial charge on any atom is -0.497 e. The van der Waals surface area contributed by atoms with Crippen LogP contribution in [0.25, 0.3) is 22.2 Å². The molecule has 0 saturated carbocycles. The van der Waals surface area contributed by atoms with E-state index in [2.05, 4.69) is 4.98 Å². The van der Waals surface area contributed by atoms with Crippen molar-refractivity contribution in [2.24, 2.45) is 0 Å². The summed E-state index contributed by atoms with van der Waals surface area (Å²) in [6.07, 6.45) is 4.43. The molecule has 0 spiro atoms. The number of rotatable bonds is 3. The Bertz CT molecular complexity index is 1110. The second-order valence-corrected chi connectivity index (χ2v) is 6.66. The van der Waals surface area contributed by atoms with Gasteiger partial charge in [-0.25, -0.2) is 4.98 Å². The van der Waals surface area contributed by atoms with Crippen molar-refractivity contribution in [3.8, 4) is 22.6 Å². The molecule has 5 nitrogen and oxygen atoms in total. The topological polar surface area (TPSA) is 57.4 Å². The molecule has 0 bridgehead atoms. The van der Waals surface area contributed by atoms with Gasteiger partial charge < -0.3 is 13.9 Å². The van der Waals surface area contributed by atoms with E-state index in [-0.39, 0.29) is 5.92 Å². The third-order valence-electron chi connectivity index (χ3n) is 4.92. The van der Waals surface area contributed by atoms with Crippen LogP contribution in [0.1, 0.15) is 17.4 Å². The van der Waals surface area contributed by atoms with Gasteiger partial charge in [-0.1, -0.05) is 12.1 Å². The summed E-state index contributed by atoms with van der Waals surface area (Å²) in [6.45, 7) is 0.557. The van der Waals surface area contributed by atoms with Crippen LogP contribution >= 0.6 is 0 Å². The molecule has 1 atom stereocenters. The second-order valence-electron chi connectivity index (χ2n) is 6.66. The minimum atomic E-state index is 0.0823. The maximum atomic E-state index is 6.10. The van der Waals surface area contributed by atoms with Gasteiger partial charge in [-0.15, -0.1) is 0 Å². The van der Waals surface area contributed by atoms with E-state index in [9.17, 15) is 0 Å². The van der Waals surface area contributed by atoms with Crippen LogP contribution < -0.4 is 9.47 Å². The van der Waals surface area contributed by atoms with Gasteiger partial charge in [-0.3, -0.25) is 4.98 Å². The fourth-order valence-corrected chi connectivity index (χ4v) is 3.49. The summed E-state index contributed by atoms with van der Waals surface area (Å²) in [6, 6.07) is 15.9. The van der Waals surface area contributed by atoms with Crippen molar-refractivity contribution in [2.75, 3.05) is 13.7 Å². The predicted octanol–water partition coefficient (Wildman–Crippen LogP) is 4.62. The lowest BCUT2D eigenvalue weighted by molar-refractivity contribution is 0.243. The molecule has 5 rings (SSSR count). The molecule has 0 N–H and O–H groups in total. The van der Waals surface area contributed by atoms with E-state index in [0.29, 0.717) is 12.5 Å². The lowest BCUT2D eigenvalue weighted by Gasteiger charge is -2.23. The number of hydrogen-bond acceptors (Lipinski definition) is 5. The number of ether oxygens (including phenoxy) is 2. The maximum absolute atomic E-state index is 6.10. The van der Waals surface area contributed by atoms with Gasteiger partial charge in [0.25, 0.3) is 0 Å². The Morgan fingerprint density at radius 3 is 2.89 bits per heavy atom. The summed E-state index contributed by atoms with van der Waals surface area (Å²) in [5, 5.41) is 0. The average molecular weight is 358 g/mol. The van der Waals surface area contributed by atoms with E-state index in [1.165, 1.54) is 0 Å². The number of hydrogen-bond donors (Lipinski definition) is 0. The first-order chi connectivity index (χ1) is 13.3. The number of aromatic nitrogens is 2. The summed E-state index contributed by atoms with van der Waals surface area (Å²) in [5.74, 6) is 2.53. The van der Waals surface area contributed by atoms with Crippen molar-refractivity contribution in [2.45, 2.75) is 12.3 Å². The van der Waals surface area contributed by atoms with Gasteiger partial charge in [0.05, 0.1) is 13.0 Å². The van der Waals surface area contributed by atoms with E-state index >= 15 is 0 Å². The van der Waals surface area contributed by atoms with E-state index in [4.69, 9.17) is 18.9 Å². The van der Waals surface area contributed by atoms with Crippen molar-refractivity contribution in [1.29, 1.82) is 0 Å². The fraction of sp³-hybridized carbons (Fsp3) is 0.182. The summed E-state index contributed by atoms with van der Waals surface area (Å²) in [7, 11) is 1.67. The number of oxazole rings is 1. The van der Waals surface area contributed by atoms with Gasteiger partial charge in [0.2, 0.25) is 5.89 Å². The standard InChI is InChI=1S/C22H18N2O3/c1-25-18-5-7-20-16(10-18)9-17(13-26-20)22-24-19-6-4-14(11-21(19)27-22)15-3-2-8-23-12-15/h2-8,10-12,17H,9,13H2,1H3/t17-/m0/s1. The first-order valence-electron chi connectivity index (χ1n) is 8.91. The molecular formula is C22H18N2O3. The highest BCUT2D eigenvalue weighted by molar-refractivity contribution is 5.80. The highest BCUT2D eigenvalue weighted by Gasteiger charge is 2.26. The molecule has 0 amide bonds. The smallest absolute Gasteiger partial charge is 0.202 e. The molecule has 0 unspecified atom stereocenters. The van der Waals surface area contributed by atoms with Crippen molar-refractivity contribution in [3.05, 3.63) is 72.4 Å². The zero-order valence-electron chi connectivity index (χ0n) is 14.9. The van der Waals surface area contributed by atoms with Crippen LogP contribution in [0.3, 0.4) is 0 Å². The monoisotopic (exact) mass is 358 g/mol. The number of methoxy groups -OCH3 is 1. The Labute approximate surface area is 156 Å². The first-order valence-corrected chi connectivity index (χ1v) is 8.91. The summed E-state index contributed by atoms with van der Waals surface area (Å²) in [5.41, 5.74) is 4.87. The number of pyridine rings is 1. The molecular weight excluding hydrogens is 340 g/mol. The number of fused-ring (bicyclic) bond motifs is 2. The Kier molecular flexibility index (Phi) is 3.78. The Balaban J connectivity index is 1.47. The van der Waals surface area contributed by atoms with Crippen LogP contribution in [0.5, 0.6) is 11.5 Å². The number of nitrogens with zero attached hydrogens (tertiary/aromatic N) is 2. The van der Waals surface area contributed by atoms with E-state index in [1.54, 1.807) is 13.3 Å². The average Bonchev–Trinajstić information content (AvgIpc) is 3.17. The molecule has 4 aromatic rings. The zero-order chi connectivity index (χ0) is 18.2. The van der Waals surface area contributed by atoms with Crippen LogP contribution in [-0.4, -0.2) is 23.7 Å². The van der Waals surface area contributed by atoms with Gasteiger partial charge in [0.1, 0.15) is 23.6 Å². The number of benzene rings is 2. The lowest BCUT2D eigenvalue weighted by atomic mass is 9.96. The fourth-order valence-electron chi connectivity index (χ4n) is 3.49. The molecule has 1 aliphatic rings. The van der Waals surface area contributed by atoms with Crippen LogP contribution in [0.4, 0.5) is 0 Å². The van der Waals surface area contributed by atoms with E-state index < -0.39 is 0 Å². The molecule has 0 radical (unpaired) electrons. The minimum absolute atomic E-state index is 0.0823. The quantitative estimate of drug-likeness (QED) is 0.535. The first kappa shape index (κ1) is 15.9. The molecule has 1 aliphatic heterocycles. The molecule has 2 aromatic heterocycles. The van der Waals surface area contributed by atoms with Gasteiger partial charge in [0, 0.05) is 18.0 Å². The predicted molar refractivity (Wildman–Crippen MR) is 102 cm³/mol. The van der Waals surface area contributed by atoms with E-state index in [1.807, 2.05) is 54.7 Å². The molecule has 3 heterocycles. The van der Waals surface area contributed by atoms with Crippen molar-refractivity contribution < 1.29 is 13.9 Å². The lowest BCUT2D eigenvalue weighted by Crippen LogP contribution is -2.19. The van der Waals surface area contributed by atoms with Crippen LogP contribution in [0.15, 0.2) is 65.3 Å². The van der Waals surface area contributed by atoms with Crippen molar-refractivity contribution in [3.63, 3.8) is 0 Å². The largest absolute Gasteiger partial charge is 0.497 e. The zero-order valence-corrected chi connectivity index (χ0v) is 14.9. The Morgan fingerprint density at radius 1 is 1.07 bits per heavy atom. The molecule has 0 aliphatic carbocycles. The van der Waals surface area contributed by atoms with Gasteiger partial charge >= 0.3 is 0 Å². The third kappa shape index (κ3) is 2.91. The Morgan fingerprint density at radius 2 is 2.04 bits per heavy atom. The summed E-state index contributed by atoms with van der Waals surface area (Å²) in [4.78, 5) is 8.88. The summed E-state index contributed by atoms with van der Waals surface area (Å²) >= 11 is 0. The summed E-state index contributed by atoms with van der Waals surface area (Å²) < 4.78 is 17.3. The molecule has 134 valence electrons. The molecule has 0 fully saturated rings. The molecule has 2 aromatic carbocycles. The van der Waals surface area contributed by atoms with Gasteiger partial charge in [-0.2, -0.15) is 0 Å².